The van der Waals surface area contributed by atoms with Crippen molar-refractivity contribution in [2.24, 2.45) is 11.5 Å². The first-order valence-corrected chi connectivity index (χ1v) is 2.24. The second kappa shape index (κ2) is 1.41. The highest BCUT2D eigenvalue weighted by molar-refractivity contribution is 5.80. The minimum absolute atomic E-state index is 0.171. The number of carbonyl (C=O) groups excluding carboxylic acids is 1. The molecule has 0 bridgehead atoms. The van der Waals surface area contributed by atoms with Crippen molar-refractivity contribution in [1.82, 2.24) is 10.6 Å². The Morgan fingerprint density at radius 1 is 1.62 bits per heavy atom. The molecule has 0 aromatic carbocycles. The van der Waals surface area contributed by atoms with Gasteiger partial charge in [-0.1, -0.05) is 0 Å². The van der Waals surface area contributed by atoms with E-state index in [0.717, 1.165) is 0 Å². The highest BCUT2D eigenvalue weighted by Gasteiger charge is 2.27. The molecule has 1 amide bonds. The van der Waals surface area contributed by atoms with Crippen molar-refractivity contribution >= 4 is 5.91 Å². The molecule has 1 rings (SSSR count). The van der Waals surface area contributed by atoms with E-state index in [0.29, 0.717) is 0 Å². The zero-order valence-electron chi connectivity index (χ0n) is 4.27. The Bertz CT molecular complexity index is 120. The Balaban J connectivity index is 2.56. The minimum atomic E-state index is -1.18. The molecule has 0 radical (unpaired) electrons. The van der Waals surface area contributed by atoms with Crippen LogP contribution in [0.2, 0.25) is 0 Å². The van der Waals surface area contributed by atoms with E-state index in [1.807, 2.05) is 0 Å². The van der Waals surface area contributed by atoms with Crippen molar-refractivity contribution in [3.63, 3.8) is 0 Å². The Morgan fingerprint density at radius 3 is 2.38 bits per heavy atom. The predicted molar refractivity (Wildman–Crippen MR) is 27.3 cm³/mol. The molecule has 8 heavy (non-hydrogen) atoms. The molecule has 1 aliphatic heterocycles. The van der Waals surface area contributed by atoms with Crippen molar-refractivity contribution in [2.75, 3.05) is 6.54 Å². The molecule has 0 aliphatic carbocycles. The van der Waals surface area contributed by atoms with Gasteiger partial charge in [-0.2, -0.15) is 0 Å². The van der Waals surface area contributed by atoms with Gasteiger partial charge in [-0.15, -0.1) is 0 Å². The Labute approximate surface area is 46.4 Å². The van der Waals surface area contributed by atoms with Crippen molar-refractivity contribution in [1.29, 1.82) is 0 Å². The molecule has 46 valence electrons. The third-order valence-corrected chi connectivity index (χ3v) is 0.888. The van der Waals surface area contributed by atoms with Crippen LogP contribution in [0.4, 0.5) is 0 Å². The molecular weight excluding hydrogens is 108 g/mol. The fourth-order valence-electron chi connectivity index (χ4n) is 0.546. The number of hydrogen-bond donors (Lipinski definition) is 4. The second-order valence-corrected chi connectivity index (χ2v) is 1.77. The van der Waals surface area contributed by atoms with Gasteiger partial charge in [0.2, 0.25) is 5.91 Å². The summed E-state index contributed by atoms with van der Waals surface area (Å²) in [5.74, 6) is -1.35. The van der Waals surface area contributed by atoms with Crippen molar-refractivity contribution < 1.29 is 4.79 Å². The van der Waals surface area contributed by atoms with E-state index < -0.39 is 5.91 Å². The summed E-state index contributed by atoms with van der Waals surface area (Å²) in [7, 11) is 0. The molecule has 1 saturated heterocycles. The van der Waals surface area contributed by atoms with E-state index >= 15 is 0 Å². The average molecular weight is 116 g/mol. The number of nitrogens with one attached hydrogen (secondary N) is 2. The maximum absolute atomic E-state index is 10.3. The van der Waals surface area contributed by atoms with Gasteiger partial charge in [0.25, 0.3) is 0 Å². The Morgan fingerprint density at radius 2 is 2.25 bits per heavy atom. The molecule has 0 aromatic rings. The highest BCUT2D eigenvalue weighted by atomic mass is 16.2. The molecule has 0 saturated carbocycles. The molecule has 5 heteroatoms. The van der Waals surface area contributed by atoms with E-state index in [-0.39, 0.29) is 12.5 Å². The fraction of sp³-hybridized carbons (Fsp3) is 0.667. The highest BCUT2D eigenvalue weighted by Crippen LogP contribution is 1.84. The van der Waals surface area contributed by atoms with Crippen molar-refractivity contribution in [3.8, 4) is 0 Å². The van der Waals surface area contributed by atoms with E-state index in [1.165, 1.54) is 0 Å². The second-order valence-electron chi connectivity index (χ2n) is 1.77. The van der Waals surface area contributed by atoms with E-state index in [1.54, 1.807) is 0 Å². The predicted octanol–water partition coefficient (Wildman–Crippen LogP) is -2.77. The van der Waals surface area contributed by atoms with Crippen LogP contribution in [0.3, 0.4) is 0 Å². The lowest BCUT2D eigenvalue weighted by Gasteiger charge is -2.15. The first kappa shape index (κ1) is 5.49. The zero-order chi connectivity index (χ0) is 6.20. The first-order chi connectivity index (χ1) is 3.60. The number of amides is 1. The molecule has 1 aliphatic rings. The lowest BCUT2D eigenvalue weighted by atomic mass is 10.7. The van der Waals surface area contributed by atoms with Gasteiger partial charge in [-0.25, -0.2) is 0 Å². The van der Waals surface area contributed by atoms with Crippen LogP contribution < -0.4 is 22.1 Å². The summed E-state index contributed by atoms with van der Waals surface area (Å²) >= 11 is 0. The standard InChI is InChI=1S/C3H8N4O/c4-3(5)6-1-2(8)7-3/h6H,1,4-5H2,(H,7,8). The van der Waals surface area contributed by atoms with Gasteiger partial charge in [-0.05, 0) is 0 Å². The zero-order valence-corrected chi connectivity index (χ0v) is 4.27. The van der Waals surface area contributed by atoms with Gasteiger partial charge in [0, 0.05) is 0 Å². The Hall–Kier alpha value is -0.650. The van der Waals surface area contributed by atoms with Gasteiger partial charge in [-0.3, -0.25) is 21.6 Å². The van der Waals surface area contributed by atoms with Gasteiger partial charge < -0.3 is 5.32 Å². The van der Waals surface area contributed by atoms with Gasteiger partial charge in [0.1, 0.15) is 0 Å². The third kappa shape index (κ3) is 0.945. The van der Waals surface area contributed by atoms with Crippen LogP contribution >= 0.6 is 0 Å². The summed E-state index contributed by atoms with van der Waals surface area (Å²) in [6.07, 6.45) is 0. The van der Waals surface area contributed by atoms with Crippen LogP contribution in [-0.2, 0) is 4.79 Å². The van der Waals surface area contributed by atoms with Crippen LogP contribution in [0.5, 0.6) is 0 Å². The molecule has 6 N–H and O–H groups in total. The largest absolute Gasteiger partial charge is 0.312 e. The van der Waals surface area contributed by atoms with E-state index in [9.17, 15) is 4.79 Å². The fourth-order valence-corrected chi connectivity index (χ4v) is 0.546. The summed E-state index contributed by atoms with van der Waals surface area (Å²) in [6.45, 7) is 0.201. The molecule has 1 heterocycles. The molecular formula is C3H8N4O. The van der Waals surface area contributed by atoms with Crippen molar-refractivity contribution in [2.45, 2.75) is 5.91 Å². The van der Waals surface area contributed by atoms with E-state index in [4.69, 9.17) is 11.5 Å². The van der Waals surface area contributed by atoms with Crippen molar-refractivity contribution in [3.05, 3.63) is 0 Å². The summed E-state index contributed by atoms with van der Waals surface area (Å²) in [4.78, 5) is 10.3. The molecule has 0 aromatic heterocycles. The lowest BCUT2D eigenvalue weighted by Crippen LogP contribution is -2.65. The molecule has 0 spiro atoms. The van der Waals surface area contributed by atoms with Crippen LogP contribution in [0, 0.1) is 0 Å². The summed E-state index contributed by atoms with van der Waals surface area (Å²) in [6, 6.07) is 0. The van der Waals surface area contributed by atoms with Crippen LogP contribution in [0.25, 0.3) is 0 Å². The summed E-state index contributed by atoms with van der Waals surface area (Å²) in [5.41, 5.74) is 10.4. The third-order valence-electron chi connectivity index (χ3n) is 0.888. The SMILES string of the molecule is NC1(N)NCC(=O)N1. The van der Waals surface area contributed by atoms with Gasteiger partial charge in [0.05, 0.1) is 6.54 Å². The van der Waals surface area contributed by atoms with Gasteiger partial charge in [0.15, 0.2) is 5.91 Å². The summed E-state index contributed by atoms with van der Waals surface area (Å²) in [5, 5.41) is 4.84. The summed E-state index contributed by atoms with van der Waals surface area (Å²) < 4.78 is 0. The molecule has 0 atom stereocenters. The normalized spacial score (nSPS) is 25.5. The molecule has 0 unspecified atom stereocenters. The lowest BCUT2D eigenvalue weighted by molar-refractivity contribution is -0.118. The quantitative estimate of drug-likeness (QED) is 0.258. The smallest absolute Gasteiger partial charge is 0.237 e. The first-order valence-electron chi connectivity index (χ1n) is 2.24. The minimum Gasteiger partial charge on any atom is -0.312 e. The Kier molecular flexibility index (Phi) is 0.968. The molecule has 1 fully saturated rings. The van der Waals surface area contributed by atoms with E-state index in [2.05, 4.69) is 10.6 Å². The van der Waals surface area contributed by atoms with Crippen LogP contribution in [0.15, 0.2) is 0 Å². The van der Waals surface area contributed by atoms with Crippen LogP contribution in [0.1, 0.15) is 0 Å². The van der Waals surface area contributed by atoms with Gasteiger partial charge >= 0.3 is 0 Å². The number of nitrogens with two attached hydrogens (primary N) is 2. The maximum Gasteiger partial charge on any atom is 0.237 e. The maximum atomic E-state index is 10.3. The topological polar surface area (TPSA) is 93.2 Å². The number of carbonyl (C=O) groups is 1. The number of hydrogen-bond acceptors (Lipinski definition) is 4. The monoisotopic (exact) mass is 116 g/mol. The number of rotatable bonds is 0. The average Bonchev–Trinajstić information content (AvgIpc) is 1.82. The molecule has 5 nitrogen and oxygen atoms in total. The van der Waals surface area contributed by atoms with Crippen LogP contribution in [-0.4, -0.2) is 18.4 Å².